The lowest BCUT2D eigenvalue weighted by atomic mass is 9.57. The van der Waals surface area contributed by atoms with Crippen molar-refractivity contribution in [2.75, 3.05) is 0 Å². The molecule has 0 saturated heterocycles. The molecular formula is C13H19F3O3S. The van der Waals surface area contributed by atoms with Gasteiger partial charge < -0.3 is 4.18 Å². The molecule has 0 aromatic carbocycles. The van der Waals surface area contributed by atoms with Crippen LogP contribution in [0.25, 0.3) is 0 Å². The van der Waals surface area contributed by atoms with Crippen LogP contribution in [0.5, 0.6) is 0 Å². The predicted molar refractivity (Wildman–Crippen MR) is 68.0 cm³/mol. The highest BCUT2D eigenvalue weighted by Gasteiger charge is 2.56. The van der Waals surface area contributed by atoms with E-state index < -0.39 is 21.0 Å². The fourth-order valence-electron chi connectivity index (χ4n) is 3.75. The van der Waals surface area contributed by atoms with E-state index in [2.05, 4.69) is 18.0 Å². The Morgan fingerprint density at radius 1 is 1.25 bits per heavy atom. The number of hydrogen-bond acceptors (Lipinski definition) is 3. The van der Waals surface area contributed by atoms with Gasteiger partial charge in [0.25, 0.3) is 0 Å². The second kappa shape index (κ2) is 4.39. The second-order valence-electron chi connectivity index (χ2n) is 6.60. The molecule has 2 atom stereocenters. The van der Waals surface area contributed by atoms with Gasteiger partial charge in [-0.05, 0) is 36.7 Å². The molecule has 1 fully saturated rings. The smallest absolute Gasteiger partial charge is 0.380 e. The summed E-state index contributed by atoms with van der Waals surface area (Å²) in [4.78, 5) is 0. The minimum Gasteiger partial charge on any atom is -0.380 e. The first-order valence-corrected chi connectivity index (χ1v) is 8.02. The van der Waals surface area contributed by atoms with Crippen molar-refractivity contribution < 1.29 is 25.8 Å². The molecule has 0 spiro atoms. The molecule has 0 radical (unpaired) electrons. The molecule has 0 bridgehead atoms. The van der Waals surface area contributed by atoms with E-state index in [9.17, 15) is 21.6 Å². The molecular weight excluding hydrogens is 293 g/mol. The monoisotopic (exact) mass is 312 g/mol. The van der Waals surface area contributed by atoms with Crippen LogP contribution >= 0.6 is 0 Å². The fraction of sp³-hybridized carbons (Fsp3) is 0.846. The fourth-order valence-corrected chi connectivity index (χ4v) is 4.34. The molecule has 0 aliphatic heterocycles. The Labute approximate surface area is 117 Å². The molecule has 2 aliphatic carbocycles. The van der Waals surface area contributed by atoms with Gasteiger partial charge in [0.2, 0.25) is 0 Å². The van der Waals surface area contributed by atoms with Crippen molar-refractivity contribution in [3.63, 3.8) is 0 Å². The molecule has 0 N–H and O–H groups in total. The SMILES string of the molecule is CC1(C)CCC[C@@]2(C)C(OS(=O)(=O)C(F)(F)F)=CC[C@@H]12. The maximum absolute atomic E-state index is 12.4. The summed E-state index contributed by atoms with van der Waals surface area (Å²) in [6.45, 7) is 5.96. The standard InChI is InChI=1S/C13H19F3O3S/c1-11(2)7-4-8-12(3)9(11)5-6-10(12)19-20(17,18)13(14,15)16/h6,9H,4-5,7-8H2,1-3H3/t9-,12+/m0/s1. The van der Waals surface area contributed by atoms with Gasteiger partial charge >= 0.3 is 15.6 Å². The van der Waals surface area contributed by atoms with Gasteiger partial charge in [-0.1, -0.05) is 27.2 Å². The molecule has 0 aromatic rings. The summed E-state index contributed by atoms with van der Waals surface area (Å²) in [7, 11) is -5.58. The third-order valence-electron chi connectivity index (χ3n) is 4.81. The molecule has 1 saturated carbocycles. The first-order chi connectivity index (χ1) is 8.90. The lowest BCUT2D eigenvalue weighted by Crippen LogP contribution is -2.41. The Morgan fingerprint density at radius 2 is 1.85 bits per heavy atom. The molecule has 0 aromatic heterocycles. The number of hydrogen-bond donors (Lipinski definition) is 0. The van der Waals surface area contributed by atoms with Crippen LogP contribution in [0.4, 0.5) is 13.2 Å². The average Bonchev–Trinajstić information content (AvgIpc) is 2.54. The summed E-state index contributed by atoms with van der Waals surface area (Å²) in [5.74, 6) is 0.0785. The average molecular weight is 312 g/mol. The zero-order chi connectivity index (χ0) is 15.4. The van der Waals surface area contributed by atoms with E-state index >= 15 is 0 Å². The van der Waals surface area contributed by atoms with Crippen molar-refractivity contribution in [1.82, 2.24) is 0 Å². The van der Waals surface area contributed by atoms with Crippen LogP contribution in [-0.4, -0.2) is 13.9 Å². The van der Waals surface area contributed by atoms with Gasteiger partial charge in [0.15, 0.2) is 0 Å². The molecule has 116 valence electrons. The van der Waals surface area contributed by atoms with Crippen molar-refractivity contribution in [1.29, 1.82) is 0 Å². The summed E-state index contributed by atoms with van der Waals surface area (Å²) in [6, 6.07) is 0. The lowest BCUT2D eigenvalue weighted by Gasteiger charge is -2.47. The van der Waals surface area contributed by atoms with Crippen LogP contribution in [0.3, 0.4) is 0 Å². The Bertz CT molecular complexity index is 534. The van der Waals surface area contributed by atoms with E-state index in [4.69, 9.17) is 0 Å². The normalized spacial score (nSPS) is 33.5. The van der Waals surface area contributed by atoms with Gasteiger partial charge in [-0.15, -0.1) is 0 Å². The van der Waals surface area contributed by atoms with Gasteiger partial charge in [-0.3, -0.25) is 0 Å². The minimum absolute atomic E-state index is 0.0311. The molecule has 20 heavy (non-hydrogen) atoms. The van der Waals surface area contributed by atoms with Crippen LogP contribution < -0.4 is 0 Å². The number of halogens is 3. The summed E-state index contributed by atoms with van der Waals surface area (Å²) >= 11 is 0. The van der Waals surface area contributed by atoms with E-state index in [1.54, 1.807) is 0 Å². The van der Waals surface area contributed by atoms with Gasteiger partial charge in [0, 0.05) is 5.41 Å². The summed E-state index contributed by atoms with van der Waals surface area (Å²) in [6.07, 6.45) is 4.57. The first-order valence-electron chi connectivity index (χ1n) is 6.61. The Kier molecular flexibility index (Phi) is 3.43. The Morgan fingerprint density at radius 3 is 2.40 bits per heavy atom. The van der Waals surface area contributed by atoms with Crippen LogP contribution in [0, 0.1) is 16.7 Å². The van der Waals surface area contributed by atoms with Crippen molar-refractivity contribution in [3.05, 3.63) is 11.8 Å². The van der Waals surface area contributed by atoms with E-state index in [0.29, 0.717) is 12.8 Å². The molecule has 0 heterocycles. The maximum atomic E-state index is 12.4. The van der Waals surface area contributed by atoms with Gasteiger partial charge in [0.05, 0.1) is 0 Å². The van der Waals surface area contributed by atoms with E-state index in [1.807, 2.05) is 6.92 Å². The third-order valence-corrected chi connectivity index (χ3v) is 5.78. The van der Waals surface area contributed by atoms with E-state index in [-0.39, 0.29) is 17.1 Å². The second-order valence-corrected chi connectivity index (χ2v) is 8.14. The number of alkyl halides is 3. The summed E-state index contributed by atoms with van der Waals surface area (Å²) in [5, 5.41) is 0. The molecule has 7 heteroatoms. The first kappa shape index (κ1) is 15.7. The van der Waals surface area contributed by atoms with Gasteiger partial charge in [-0.2, -0.15) is 21.6 Å². The van der Waals surface area contributed by atoms with E-state index in [1.165, 1.54) is 6.08 Å². The number of rotatable bonds is 2. The highest BCUT2D eigenvalue weighted by Crippen LogP contribution is 2.60. The van der Waals surface area contributed by atoms with Crippen molar-refractivity contribution in [3.8, 4) is 0 Å². The van der Waals surface area contributed by atoms with Crippen molar-refractivity contribution >= 4 is 10.1 Å². The van der Waals surface area contributed by atoms with E-state index in [0.717, 1.165) is 12.8 Å². The molecule has 2 aliphatic rings. The predicted octanol–water partition coefficient (Wildman–Crippen LogP) is 3.97. The molecule has 0 amide bonds. The summed E-state index contributed by atoms with van der Waals surface area (Å²) in [5.41, 5.74) is -6.04. The van der Waals surface area contributed by atoms with Crippen LogP contribution in [-0.2, 0) is 14.3 Å². The van der Waals surface area contributed by atoms with Gasteiger partial charge in [0.1, 0.15) is 5.76 Å². The highest BCUT2D eigenvalue weighted by molar-refractivity contribution is 7.87. The largest absolute Gasteiger partial charge is 0.534 e. The van der Waals surface area contributed by atoms with Gasteiger partial charge in [-0.25, -0.2) is 0 Å². The molecule has 2 rings (SSSR count). The Hall–Kier alpha value is -0.720. The number of fused-ring (bicyclic) bond motifs is 1. The third kappa shape index (κ3) is 2.34. The van der Waals surface area contributed by atoms with Crippen LogP contribution in [0.1, 0.15) is 46.5 Å². The van der Waals surface area contributed by atoms with Crippen molar-refractivity contribution in [2.24, 2.45) is 16.7 Å². The van der Waals surface area contributed by atoms with Crippen LogP contribution in [0.2, 0.25) is 0 Å². The molecule has 3 nitrogen and oxygen atoms in total. The minimum atomic E-state index is -5.58. The summed E-state index contributed by atoms with van der Waals surface area (Å²) < 4.78 is 64.2. The highest BCUT2D eigenvalue weighted by atomic mass is 32.2. The maximum Gasteiger partial charge on any atom is 0.534 e. The zero-order valence-electron chi connectivity index (χ0n) is 11.8. The Balaban J connectivity index is 2.28. The van der Waals surface area contributed by atoms with Crippen LogP contribution in [0.15, 0.2) is 11.8 Å². The quantitative estimate of drug-likeness (QED) is 0.572. The molecule has 0 unspecified atom stereocenters. The zero-order valence-corrected chi connectivity index (χ0v) is 12.6. The topological polar surface area (TPSA) is 43.4 Å². The number of allylic oxidation sites excluding steroid dienone is 2. The lowest BCUT2D eigenvalue weighted by molar-refractivity contribution is -0.0550. The van der Waals surface area contributed by atoms with Crippen molar-refractivity contribution in [2.45, 2.75) is 52.0 Å².